The van der Waals surface area contributed by atoms with E-state index in [9.17, 15) is 9.59 Å². The Bertz CT molecular complexity index is 865. The summed E-state index contributed by atoms with van der Waals surface area (Å²) >= 11 is 0. The molecule has 6 heteroatoms. The van der Waals surface area contributed by atoms with Gasteiger partial charge in [-0.3, -0.25) is 9.59 Å². The maximum absolute atomic E-state index is 12.2. The third-order valence-corrected chi connectivity index (χ3v) is 6.14. The summed E-state index contributed by atoms with van der Waals surface area (Å²) in [6, 6.07) is 7.95. The van der Waals surface area contributed by atoms with Gasteiger partial charge in [-0.2, -0.15) is 0 Å². The number of esters is 2. The molecule has 0 fully saturated rings. The topological polar surface area (TPSA) is 78.4 Å². The van der Waals surface area contributed by atoms with Crippen LogP contribution in [0.2, 0.25) is 0 Å². The Balaban J connectivity index is 1.72. The Labute approximate surface area is 210 Å². The van der Waals surface area contributed by atoms with E-state index in [1.165, 1.54) is 56.9 Å². The second kappa shape index (κ2) is 16.8. The number of carbonyl (C=O) groups is 2. The lowest BCUT2D eigenvalue weighted by atomic mass is 10.1. The van der Waals surface area contributed by atoms with Crippen LogP contribution in [0.3, 0.4) is 0 Å². The SMILES string of the molecule is CCCCCCCCCCc1cnc(-c2ccc(CCOC(=O)C(CC)C(=O)OCC)cc2)nc1. The van der Waals surface area contributed by atoms with E-state index < -0.39 is 17.9 Å². The molecule has 1 unspecified atom stereocenters. The van der Waals surface area contributed by atoms with Crippen LogP contribution in [-0.4, -0.2) is 35.1 Å². The molecule has 0 bridgehead atoms. The van der Waals surface area contributed by atoms with E-state index >= 15 is 0 Å². The second-order valence-corrected chi connectivity index (χ2v) is 8.97. The van der Waals surface area contributed by atoms with Gasteiger partial charge in [-0.05, 0) is 37.3 Å². The lowest BCUT2D eigenvalue weighted by Crippen LogP contribution is -2.28. The third-order valence-electron chi connectivity index (χ3n) is 6.14. The molecule has 0 radical (unpaired) electrons. The van der Waals surface area contributed by atoms with Gasteiger partial charge in [0, 0.05) is 24.4 Å². The molecule has 2 rings (SSSR count). The lowest BCUT2D eigenvalue weighted by molar-refractivity contribution is -0.161. The maximum Gasteiger partial charge on any atom is 0.320 e. The number of carbonyl (C=O) groups excluding carboxylic acids is 2. The summed E-state index contributed by atoms with van der Waals surface area (Å²) in [5.41, 5.74) is 3.18. The van der Waals surface area contributed by atoms with Crippen molar-refractivity contribution < 1.29 is 19.1 Å². The van der Waals surface area contributed by atoms with Crippen molar-refractivity contribution in [1.29, 1.82) is 0 Å². The highest BCUT2D eigenvalue weighted by atomic mass is 16.6. The first-order valence-corrected chi connectivity index (χ1v) is 13.3. The van der Waals surface area contributed by atoms with Crippen molar-refractivity contribution in [2.24, 2.45) is 5.92 Å². The average Bonchev–Trinajstić information content (AvgIpc) is 2.87. The molecule has 6 nitrogen and oxygen atoms in total. The van der Waals surface area contributed by atoms with E-state index in [0.29, 0.717) is 18.7 Å². The molecule has 0 saturated carbocycles. The predicted octanol–water partition coefficient (Wildman–Crippen LogP) is 6.50. The molecule has 1 heterocycles. The van der Waals surface area contributed by atoms with Crippen LogP contribution in [0.1, 0.15) is 89.7 Å². The van der Waals surface area contributed by atoms with Crippen LogP contribution in [0.25, 0.3) is 11.4 Å². The Morgan fingerprint density at radius 2 is 1.34 bits per heavy atom. The molecule has 0 aliphatic rings. The van der Waals surface area contributed by atoms with E-state index in [0.717, 1.165) is 17.5 Å². The highest BCUT2D eigenvalue weighted by Gasteiger charge is 2.27. The van der Waals surface area contributed by atoms with Crippen LogP contribution < -0.4 is 0 Å². The van der Waals surface area contributed by atoms with Gasteiger partial charge in [-0.25, -0.2) is 9.97 Å². The first-order chi connectivity index (χ1) is 17.1. The van der Waals surface area contributed by atoms with Crippen LogP contribution >= 0.6 is 0 Å². The normalized spacial score (nSPS) is 11.7. The first kappa shape index (κ1) is 28.5. The van der Waals surface area contributed by atoms with Crippen LogP contribution in [0.15, 0.2) is 36.7 Å². The van der Waals surface area contributed by atoms with E-state index in [2.05, 4.69) is 16.9 Å². The Morgan fingerprint density at radius 3 is 1.94 bits per heavy atom. The number of ether oxygens (including phenoxy) is 2. The van der Waals surface area contributed by atoms with Gasteiger partial charge in [-0.1, -0.05) is 83.1 Å². The summed E-state index contributed by atoms with van der Waals surface area (Å²) in [5, 5.41) is 0. The van der Waals surface area contributed by atoms with E-state index in [1.54, 1.807) is 13.8 Å². The molecule has 1 atom stereocenters. The number of unbranched alkanes of at least 4 members (excludes halogenated alkanes) is 7. The minimum atomic E-state index is -0.854. The Morgan fingerprint density at radius 1 is 0.743 bits per heavy atom. The van der Waals surface area contributed by atoms with Crippen molar-refractivity contribution >= 4 is 11.9 Å². The van der Waals surface area contributed by atoms with Crippen molar-refractivity contribution in [2.75, 3.05) is 13.2 Å². The summed E-state index contributed by atoms with van der Waals surface area (Å²) < 4.78 is 10.2. The van der Waals surface area contributed by atoms with Crippen molar-refractivity contribution in [3.8, 4) is 11.4 Å². The number of nitrogens with zero attached hydrogens (tertiary/aromatic N) is 2. The Hall–Kier alpha value is -2.76. The highest BCUT2D eigenvalue weighted by molar-refractivity contribution is 5.94. The third kappa shape index (κ3) is 10.6. The van der Waals surface area contributed by atoms with Gasteiger partial charge in [0.05, 0.1) is 13.2 Å². The number of hydrogen-bond donors (Lipinski definition) is 0. The van der Waals surface area contributed by atoms with Crippen LogP contribution in [-0.2, 0) is 31.9 Å². The summed E-state index contributed by atoms with van der Waals surface area (Å²) in [6.07, 6.45) is 16.4. The standard InChI is InChI=1S/C29H42N2O4/c1-4-7-8-9-10-11-12-13-14-24-21-30-27(31-22-24)25-17-15-23(16-18-25)19-20-35-29(33)26(5-2)28(32)34-6-3/h15-18,21-22,26H,4-14,19-20H2,1-3H3. The lowest BCUT2D eigenvalue weighted by Gasteiger charge is -2.13. The van der Waals surface area contributed by atoms with Gasteiger partial charge in [-0.15, -0.1) is 0 Å². The highest BCUT2D eigenvalue weighted by Crippen LogP contribution is 2.17. The van der Waals surface area contributed by atoms with Crippen LogP contribution in [0.4, 0.5) is 0 Å². The molecule has 192 valence electrons. The second-order valence-electron chi connectivity index (χ2n) is 8.97. The van der Waals surface area contributed by atoms with Gasteiger partial charge in [0.25, 0.3) is 0 Å². The summed E-state index contributed by atoms with van der Waals surface area (Å²) in [7, 11) is 0. The maximum atomic E-state index is 12.2. The zero-order valence-electron chi connectivity index (χ0n) is 21.8. The number of aryl methyl sites for hydroxylation is 1. The molecular formula is C29H42N2O4. The van der Waals surface area contributed by atoms with E-state index in [4.69, 9.17) is 9.47 Å². The van der Waals surface area contributed by atoms with E-state index in [-0.39, 0.29) is 13.2 Å². The smallest absolute Gasteiger partial charge is 0.320 e. The summed E-state index contributed by atoms with van der Waals surface area (Å²) in [5.74, 6) is -1.19. The fourth-order valence-electron chi connectivity index (χ4n) is 3.96. The largest absolute Gasteiger partial charge is 0.465 e. The van der Waals surface area contributed by atoms with E-state index in [1.807, 2.05) is 36.7 Å². The predicted molar refractivity (Wildman–Crippen MR) is 139 cm³/mol. The number of aromatic nitrogens is 2. The van der Waals surface area contributed by atoms with Crippen molar-refractivity contribution in [2.45, 2.75) is 91.4 Å². The number of rotatable bonds is 17. The summed E-state index contributed by atoms with van der Waals surface area (Å²) in [6.45, 7) is 6.21. The molecule has 2 aromatic rings. The van der Waals surface area contributed by atoms with Crippen LogP contribution in [0, 0.1) is 5.92 Å². The molecule has 0 aliphatic heterocycles. The van der Waals surface area contributed by atoms with Crippen molar-refractivity contribution in [3.05, 3.63) is 47.8 Å². The molecule has 1 aromatic heterocycles. The first-order valence-electron chi connectivity index (χ1n) is 13.3. The number of hydrogen-bond acceptors (Lipinski definition) is 6. The van der Waals surface area contributed by atoms with Crippen LogP contribution in [0.5, 0.6) is 0 Å². The molecule has 0 saturated heterocycles. The molecule has 0 spiro atoms. The monoisotopic (exact) mass is 482 g/mol. The fraction of sp³-hybridized carbons (Fsp3) is 0.586. The minimum Gasteiger partial charge on any atom is -0.465 e. The van der Waals surface area contributed by atoms with Gasteiger partial charge in [0.2, 0.25) is 0 Å². The molecule has 0 N–H and O–H groups in total. The summed E-state index contributed by atoms with van der Waals surface area (Å²) in [4.78, 5) is 33.1. The molecule has 0 aliphatic carbocycles. The molecule has 35 heavy (non-hydrogen) atoms. The zero-order valence-corrected chi connectivity index (χ0v) is 21.8. The molecule has 1 aromatic carbocycles. The molecular weight excluding hydrogens is 440 g/mol. The quantitative estimate of drug-likeness (QED) is 0.145. The van der Waals surface area contributed by atoms with Gasteiger partial charge in [0.1, 0.15) is 0 Å². The minimum absolute atomic E-state index is 0.220. The average molecular weight is 483 g/mol. The van der Waals surface area contributed by atoms with Gasteiger partial charge in [0.15, 0.2) is 11.7 Å². The van der Waals surface area contributed by atoms with Crippen molar-refractivity contribution in [1.82, 2.24) is 9.97 Å². The van der Waals surface area contributed by atoms with Gasteiger partial charge < -0.3 is 9.47 Å². The number of benzene rings is 1. The zero-order chi connectivity index (χ0) is 25.3. The van der Waals surface area contributed by atoms with Crippen molar-refractivity contribution in [3.63, 3.8) is 0 Å². The van der Waals surface area contributed by atoms with Gasteiger partial charge >= 0.3 is 11.9 Å². The molecule has 0 amide bonds. The Kier molecular flexibility index (Phi) is 13.7. The fourth-order valence-corrected chi connectivity index (χ4v) is 3.96.